The Bertz CT molecular complexity index is 278. The molecular formula is C10H16N2S. The van der Waals surface area contributed by atoms with E-state index in [9.17, 15) is 0 Å². The molecule has 1 saturated carbocycles. The van der Waals surface area contributed by atoms with Crippen LogP contribution in [0.4, 0.5) is 5.13 Å². The fourth-order valence-electron chi connectivity index (χ4n) is 1.53. The molecule has 72 valence electrons. The summed E-state index contributed by atoms with van der Waals surface area (Å²) in [4.78, 5) is 7.04. The summed E-state index contributed by atoms with van der Waals surface area (Å²) in [5.41, 5.74) is 1.24. The Morgan fingerprint density at radius 1 is 1.54 bits per heavy atom. The smallest absolute Gasteiger partial charge is 0.185 e. The Morgan fingerprint density at radius 2 is 2.31 bits per heavy atom. The number of hydrogen-bond acceptors (Lipinski definition) is 3. The predicted molar refractivity (Wildman–Crippen MR) is 57.5 cm³/mol. The summed E-state index contributed by atoms with van der Waals surface area (Å²) in [5.74, 6) is 0. The topological polar surface area (TPSA) is 16.1 Å². The average Bonchev–Trinajstić information content (AvgIpc) is 2.85. The predicted octanol–water partition coefficient (Wildman–Crippen LogP) is 2.69. The van der Waals surface area contributed by atoms with Gasteiger partial charge in [-0.2, -0.15) is 0 Å². The van der Waals surface area contributed by atoms with Crippen LogP contribution < -0.4 is 4.90 Å². The van der Waals surface area contributed by atoms with Crippen molar-refractivity contribution in [2.24, 2.45) is 0 Å². The third-order valence-corrected chi connectivity index (χ3v) is 3.40. The molecule has 0 bridgehead atoms. The second-order valence-corrected chi connectivity index (χ2v) is 4.33. The van der Waals surface area contributed by atoms with Crippen LogP contribution in [-0.4, -0.2) is 17.6 Å². The highest BCUT2D eigenvalue weighted by Gasteiger charge is 2.29. The number of thiazole rings is 1. The van der Waals surface area contributed by atoms with Crippen LogP contribution in [0.3, 0.4) is 0 Å². The molecule has 0 aliphatic heterocycles. The first kappa shape index (κ1) is 9.00. The van der Waals surface area contributed by atoms with Crippen LogP contribution in [0.5, 0.6) is 0 Å². The van der Waals surface area contributed by atoms with Crippen LogP contribution in [-0.2, 0) is 6.42 Å². The lowest BCUT2D eigenvalue weighted by Crippen LogP contribution is -2.24. The van der Waals surface area contributed by atoms with Crippen molar-refractivity contribution >= 4 is 16.5 Å². The fourth-order valence-corrected chi connectivity index (χ4v) is 2.57. The van der Waals surface area contributed by atoms with Gasteiger partial charge in [0.1, 0.15) is 0 Å². The van der Waals surface area contributed by atoms with E-state index in [0.717, 1.165) is 19.0 Å². The Labute approximate surface area is 83.6 Å². The standard InChI is InChI=1S/C10H16N2S/c1-3-8-7-13-10(11-8)12(4-2)9-5-6-9/h7,9H,3-6H2,1-2H3. The molecule has 0 unspecified atom stereocenters. The highest BCUT2D eigenvalue weighted by Crippen LogP contribution is 2.33. The van der Waals surface area contributed by atoms with Crippen molar-refractivity contribution in [2.45, 2.75) is 39.2 Å². The lowest BCUT2D eigenvalue weighted by molar-refractivity contribution is 0.816. The van der Waals surface area contributed by atoms with Gasteiger partial charge in [-0.25, -0.2) is 4.98 Å². The Hall–Kier alpha value is -0.570. The summed E-state index contributed by atoms with van der Waals surface area (Å²) in [6.07, 6.45) is 3.77. The molecule has 13 heavy (non-hydrogen) atoms. The number of anilines is 1. The molecule has 3 heteroatoms. The van der Waals surface area contributed by atoms with Gasteiger partial charge in [0.2, 0.25) is 0 Å². The van der Waals surface area contributed by atoms with Crippen LogP contribution in [0.1, 0.15) is 32.4 Å². The highest BCUT2D eigenvalue weighted by molar-refractivity contribution is 7.13. The SMILES string of the molecule is CCc1csc(N(CC)C2CC2)n1. The van der Waals surface area contributed by atoms with E-state index in [2.05, 4.69) is 29.1 Å². The van der Waals surface area contributed by atoms with Gasteiger partial charge in [-0.05, 0) is 26.2 Å². The van der Waals surface area contributed by atoms with Gasteiger partial charge in [0, 0.05) is 18.0 Å². The lowest BCUT2D eigenvalue weighted by atomic mass is 10.4. The van der Waals surface area contributed by atoms with Gasteiger partial charge in [-0.15, -0.1) is 11.3 Å². The first-order valence-electron chi connectivity index (χ1n) is 5.06. The molecule has 1 aromatic rings. The second kappa shape index (κ2) is 3.66. The third-order valence-electron chi connectivity index (χ3n) is 2.48. The van der Waals surface area contributed by atoms with Crippen molar-refractivity contribution in [1.82, 2.24) is 4.98 Å². The molecule has 1 aliphatic carbocycles. The number of aryl methyl sites for hydroxylation is 1. The average molecular weight is 196 g/mol. The van der Waals surface area contributed by atoms with Gasteiger partial charge in [-0.1, -0.05) is 6.92 Å². The van der Waals surface area contributed by atoms with Gasteiger partial charge in [-0.3, -0.25) is 0 Å². The normalized spacial score (nSPS) is 16.2. The molecule has 1 fully saturated rings. The third kappa shape index (κ3) is 1.85. The van der Waals surface area contributed by atoms with Gasteiger partial charge in [0.25, 0.3) is 0 Å². The number of rotatable bonds is 4. The van der Waals surface area contributed by atoms with E-state index in [1.807, 2.05) is 0 Å². The Morgan fingerprint density at radius 3 is 2.77 bits per heavy atom. The Kier molecular flexibility index (Phi) is 2.54. The summed E-state index contributed by atoms with van der Waals surface area (Å²) >= 11 is 1.79. The zero-order valence-electron chi connectivity index (χ0n) is 8.29. The number of hydrogen-bond donors (Lipinski definition) is 0. The molecule has 1 aliphatic rings. The van der Waals surface area contributed by atoms with Crippen molar-refractivity contribution in [1.29, 1.82) is 0 Å². The molecule has 0 aromatic carbocycles. The van der Waals surface area contributed by atoms with Crippen molar-refractivity contribution in [3.05, 3.63) is 11.1 Å². The van der Waals surface area contributed by atoms with E-state index >= 15 is 0 Å². The van der Waals surface area contributed by atoms with Crippen LogP contribution in [0, 0.1) is 0 Å². The molecule has 0 radical (unpaired) electrons. The minimum atomic E-state index is 0.792. The number of aromatic nitrogens is 1. The van der Waals surface area contributed by atoms with Gasteiger partial charge >= 0.3 is 0 Å². The molecule has 0 N–H and O–H groups in total. The van der Waals surface area contributed by atoms with Crippen LogP contribution in [0.2, 0.25) is 0 Å². The van der Waals surface area contributed by atoms with E-state index in [4.69, 9.17) is 0 Å². The maximum atomic E-state index is 4.61. The number of nitrogens with zero attached hydrogens (tertiary/aromatic N) is 2. The maximum Gasteiger partial charge on any atom is 0.185 e. The highest BCUT2D eigenvalue weighted by atomic mass is 32.1. The van der Waals surface area contributed by atoms with Crippen LogP contribution in [0.25, 0.3) is 0 Å². The summed E-state index contributed by atoms with van der Waals surface area (Å²) < 4.78 is 0. The first-order chi connectivity index (χ1) is 6.35. The molecule has 0 atom stereocenters. The summed E-state index contributed by atoms with van der Waals surface area (Å²) in [6.45, 7) is 5.47. The molecular weight excluding hydrogens is 180 g/mol. The largest absolute Gasteiger partial charge is 0.345 e. The monoisotopic (exact) mass is 196 g/mol. The van der Waals surface area contributed by atoms with Crippen LogP contribution >= 0.6 is 11.3 Å². The molecule has 0 spiro atoms. The van der Waals surface area contributed by atoms with Crippen molar-refractivity contribution in [3.8, 4) is 0 Å². The first-order valence-corrected chi connectivity index (χ1v) is 5.94. The van der Waals surface area contributed by atoms with E-state index < -0.39 is 0 Å². The second-order valence-electron chi connectivity index (χ2n) is 3.49. The van der Waals surface area contributed by atoms with Crippen molar-refractivity contribution in [3.63, 3.8) is 0 Å². The van der Waals surface area contributed by atoms with E-state index in [-0.39, 0.29) is 0 Å². The zero-order valence-corrected chi connectivity index (χ0v) is 9.10. The molecule has 0 amide bonds. The van der Waals surface area contributed by atoms with Crippen LogP contribution in [0.15, 0.2) is 5.38 Å². The molecule has 0 saturated heterocycles. The van der Waals surface area contributed by atoms with E-state index in [1.54, 1.807) is 11.3 Å². The molecule has 2 nitrogen and oxygen atoms in total. The molecule has 2 rings (SSSR count). The summed E-state index contributed by atoms with van der Waals surface area (Å²) in [6, 6.07) is 0.792. The van der Waals surface area contributed by atoms with Gasteiger partial charge < -0.3 is 4.90 Å². The zero-order chi connectivity index (χ0) is 9.26. The fraction of sp³-hybridized carbons (Fsp3) is 0.700. The van der Waals surface area contributed by atoms with Crippen molar-refractivity contribution < 1.29 is 0 Å². The van der Waals surface area contributed by atoms with Gasteiger partial charge in [0.15, 0.2) is 5.13 Å². The van der Waals surface area contributed by atoms with Crippen molar-refractivity contribution in [2.75, 3.05) is 11.4 Å². The molecule has 1 heterocycles. The lowest BCUT2D eigenvalue weighted by Gasteiger charge is -2.18. The van der Waals surface area contributed by atoms with E-state index in [1.165, 1.54) is 23.7 Å². The van der Waals surface area contributed by atoms with E-state index in [0.29, 0.717) is 0 Å². The minimum Gasteiger partial charge on any atom is -0.345 e. The minimum absolute atomic E-state index is 0.792. The Balaban J connectivity index is 2.12. The summed E-state index contributed by atoms with van der Waals surface area (Å²) in [7, 11) is 0. The molecule has 1 aromatic heterocycles. The summed E-state index contributed by atoms with van der Waals surface area (Å²) in [5, 5.41) is 3.40. The van der Waals surface area contributed by atoms with Gasteiger partial charge in [0.05, 0.1) is 5.69 Å². The quantitative estimate of drug-likeness (QED) is 0.736. The maximum absolute atomic E-state index is 4.61.